The van der Waals surface area contributed by atoms with Crippen molar-refractivity contribution >= 4 is 29.5 Å². The Labute approximate surface area is 209 Å². The lowest BCUT2D eigenvalue weighted by Gasteiger charge is -2.32. The van der Waals surface area contributed by atoms with Crippen LogP contribution in [0, 0.1) is 11.3 Å². The minimum Gasteiger partial charge on any atom is -0.379 e. The molecular weight excluding hydrogens is 464 g/mol. The molecule has 0 bridgehead atoms. The van der Waals surface area contributed by atoms with E-state index in [0.29, 0.717) is 67.6 Å². The van der Waals surface area contributed by atoms with Crippen molar-refractivity contribution in [1.29, 1.82) is 5.26 Å². The van der Waals surface area contributed by atoms with Crippen molar-refractivity contribution in [3.63, 3.8) is 0 Å². The number of aliphatic hydroxyl groups is 1. The Balaban J connectivity index is 1.44. The summed E-state index contributed by atoms with van der Waals surface area (Å²) in [5, 5.41) is 26.3. The molecule has 2 aromatic heterocycles. The van der Waals surface area contributed by atoms with Crippen LogP contribution >= 0.6 is 0 Å². The molecule has 3 N–H and O–H groups in total. The Morgan fingerprint density at radius 3 is 2.94 bits per heavy atom. The number of ether oxygens (including phenoxy) is 1. The number of anilines is 3. The van der Waals surface area contributed by atoms with Crippen molar-refractivity contribution in [3.8, 4) is 6.07 Å². The summed E-state index contributed by atoms with van der Waals surface area (Å²) in [4.78, 5) is 37.8. The fourth-order valence-corrected chi connectivity index (χ4v) is 4.09. The number of carbonyl (C=O) groups excluding carboxylic acids is 2. The fraction of sp³-hybridized carbons (Fsp3) is 0.458. The predicted octanol–water partition coefficient (Wildman–Crippen LogP) is 0.460. The van der Waals surface area contributed by atoms with Crippen LogP contribution in [0.25, 0.3) is 0 Å². The van der Waals surface area contributed by atoms with Gasteiger partial charge >= 0.3 is 0 Å². The number of aromatic nitrogens is 2. The highest BCUT2D eigenvalue weighted by molar-refractivity contribution is 5.80. The number of hydrogen-bond acceptors (Lipinski definition) is 11. The SMILES string of the molecule is CN1CCN(Cc2ccc(N(C)C(O)Nc3cc(NC4CCOC4)c(C#N)cn3)nc2C=O)C(=O)C1. The van der Waals surface area contributed by atoms with Crippen LogP contribution < -0.4 is 15.5 Å². The third-order valence-corrected chi connectivity index (χ3v) is 6.30. The summed E-state index contributed by atoms with van der Waals surface area (Å²) in [7, 11) is 3.52. The zero-order valence-corrected chi connectivity index (χ0v) is 20.3. The second-order valence-electron chi connectivity index (χ2n) is 8.95. The van der Waals surface area contributed by atoms with Crippen LogP contribution in [0.1, 0.15) is 28.0 Å². The summed E-state index contributed by atoms with van der Waals surface area (Å²) in [6.07, 6.45) is 1.71. The predicted molar refractivity (Wildman–Crippen MR) is 132 cm³/mol. The molecule has 4 rings (SSSR count). The first-order chi connectivity index (χ1) is 17.4. The van der Waals surface area contributed by atoms with E-state index in [1.54, 1.807) is 30.1 Å². The van der Waals surface area contributed by atoms with Gasteiger partial charge in [-0.1, -0.05) is 6.07 Å². The largest absolute Gasteiger partial charge is 0.379 e. The summed E-state index contributed by atoms with van der Waals surface area (Å²) < 4.78 is 5.38. The number of aldehydes is 1. The maximum Gasteiger partial charge on any atom is 0.237 e. The van der Waals surface area contributed by atoms with Gasteiger partial charge in [-0.15, -0.1) is 0 Å². The van der Waals surface area contributed by atoms with Gasteiger partial charge in [-0.3, -0.25) is 14.5 Å². The molecule has 0 aliphatic carbocycles. The van der Waals surface area contributed by atoms with Crippen LogP contribution in [-0.2, 0) is 16.1 Å². The highest BCUT2D eigenvalue weighted by Crippen LogP contribution is 2.23. The van der Waals surface area contributed by atoms with Crippen molar-refractivity contribution in [3.05, 3.63) is 41.2 Å². The van der Waals surface area contributed by atoms with Gasteiger partial charge in [0, 0.05) is 51.1 Å². The van der Waals surface area contributed by atoms with E-state index in [0.717, 1.165) is 13.0 Å². The molecule has 0 saturated carbocycles. The van der Waals surface area contributed by atoms with Gasteiger partial charge in [0.05, 0.1) is 30.4 Å². The van der Waals surface area contributed by atoms with Crippen LogP contribution in [-0.4, -0.2) is 96.4 Å². The molecule has 2 aliphatic heterocycles. The lowest BCUT2D eigenvalue weighted by atomic mass is 10.1. The monoisotopic (exact) mass is 494 g/mol. The molecule has 2 fully saturated rings. The highest BCUT2D eigenvalue weighted by Gasteiger charge is 2.23. The van der Waals surface area contributed by atoms with Crippen LogP contribution in [0.5, 0.6) is 0 Å². The summed E-state index contributed by atoms with van der Waals surface area (Å²) in [5.41, 5.74) is 1.84. The molecule has 2 aliphatic rings. The van der Waals surface area contributed by atoms with E-state index in [1.165, 1.54) is 11.1 Å². The summed E-state index contributed by atoms with van der Waals surface area (Å²) in [6.45, 7) is 3.22. The molecule has 2 aromatic rings. The van der Waals surface area contributed by atoms with Gasteiger partial charge < -0.3 is 30.3 Å². The first-order valence-electron chi connectivity index (χ1n) is 11.7. The fourth-order valence-electron chi connectivity index (χ4n) is 4.09. The van der Waals surface area contributed by atoms with Crippen molar-refractivity contribution in [2.45, 2.75) is 25.4 Å². The van der Waals surface area contributed by atoms with E-state index in [1.807, 2.05) is 11.9 Å². The Bertz CT molecular complexity index is 1150. The number of amides is 1. The molecule has 0 spiro atoms. The van der Waals surface area contributed by atoms with Crippen molar-refractivity contribution in [1.82, 2.24) is 19.8 Å². The highest BCUT2D eigenvalue weighted by atomic mass is 16.5. The molecule has 2 atom stereocenters. The second kappa shape index (κ2) is 11.3. The number of likely N-dealkylation sites (N-methyl/N-ethyl adjacent to an activating group) is 1. The molecule has 12 heteroatoms. The molecule has 1 amide bonds. The average molecular weight is 495 g/mol. The molecule has 36 heavy (non-hydrogen) atoms. The Kier molecular flexibility index (Phi) is 7.94. The van der Waals surface area contributed by atoms with Gasteiger partial charge in [0.15, 0.2) is 6.29 Å². The van der Waals surface area contributed by atoms with E-state index < -0.39 is 6.35 Å². The maximum atomic E-state index is 12.3. The molecule has 4 heterocycles. The summed E-state index contributed by atoms with van der Waals surface area (Å²) in [6, 6.07) is 7.31. The molecule has 2 unspecified atom stereocenters. The van der Waals surface area contributed by atoms with Crippen molar-refractivity contribution in [2.24, 2.45) is 0 Å². The third kappa shape index (κ3) is 5.88. The lowest BCUT2D eigenvalue weighted by Crippen LogP contribution is -2.48. The van der Waals surface area contributed by atoms with Gasteiger partial charge in [-0.2, -0.15) is 5.26 Å². The van der Waals surface area contributed by atoms with Gasteiger partial charge in [0.25, 0.3) is 0 Å². The third-order valence-electron chi connectivity index (χ3n) is 6.30. The first-order valence-corrected chi connectivity index (χ1v) is 11.7. The van der Waals surface area contributed by atoms with Crippen molar-refractivity contribution < 1.29 is 19.4 Å². The first kappa shape index (κ1) is 25.3. The maximum absolute atomic E-state index is 12.3. The number of piperazine rings is 1. The summed E-state index contributed by atoms with van der Waals surface area (Å²) >= 11 is 0. The molecule has 2 saturated heterocycles. The Hall–Kier alpha value is -3.79. The smallest absolute Gasteiger partial charge is 0.237 e. The Morgan fingerprint density at radius 1 is 1.42 bits per heavy atom. The van der Waals surface area contributed by atoms with E-state index >= 15 is 0 Å². The van der Waals surface area contributed by atoms with Crippen LogP contribution in [0.15, 0.2) is 24.4 Å². The summed E-state index contributed by atoms with van der Waals surface area (Å²) in [5.74, 6) is 0.724. The molecule has 190 valence electrons. The quantitative estimate of drug-likeness (QED) is 0.330. The molecule has 0 aromatic carbocycles. The Morgan fingerprint density at radius 2 is 2.25 bits per heavy atom. The zero-order valence-electron chi connectivity index (χ0n) is 20.3. The number of nitriles is 1. The lowest BCUT2D eigenvalue weighted by molar-refractivity contribution is -0.136. The van der Waals surface area contributed by atoms with Crippen LogP contribution in [0.3, 0.4) is 0 Å². The minimum atomic E-state index is -1.22. The van der Waals surface area contributed by atoms with E-state index in [4.69, 9.17) is 4.74 Å². The van der Waals surface area contributed by atoms with Gasteiger partial charge in [0.2, 0.25) is 12.3 Å². The van der Waals surface area contributed by atoms with Crippen molar-refractivity contribution in [2.75, 3.05) is 62.5 Å². The van der Waals surface area contributed by atoms with Crippen LogP contribution in [0.2, 0.25) is 0 Å². The normalized spacial score (nSPS) is 19.0. The zero-order chi connectivity index (χ0) is 25.7. The van der Waals surface area contributed by atoms with Gasteiger partial charge in [-0.05, 0) is 19.5 Å². The number of aliphatic hydroxyl groups excluding tert-OH is 1. The van der Waals surface area contributed by atoms with E-state index in [9.17, 15) is 20.0 Å². The minimum absolute atomic E-state index is 0.00523. The standard InChI is InChI=1S/C24H30N8O4/c1-30-6-7-32(23(34)13-30)12-16-3-4-22(28-20(16)14-33)31(2)24(35)29-21-9-19(17(10-25)11-26-21)27-18-5-8-36-15-18/h3-4,9,11,14,18,24,35H,5-8,12-13,15H2,1-2H3,(H2,26,27,29). The van der Waals surface area contributed by atoms with Gasteiger partial charge in [-0.25, -0.2) is 9.97 Å². The number of carbonyl (C=O) groups is 2. The number of pyridine rings is 2. The average Bonchev–Trinajstić information content (AvgIpc) is 3.38. The number of nitrogens with zero attached hydrogens (tertiary/aromatic N) is 6. The van der Waals surface area contributed by atoms with E-state index in [-0.39, 0.29) is 17.6 Å². The second-order valence-corrected chi connectivity index (χ2v) is 8.95. The van der Waals surface area contributed by atoms with E-state index in [2.05, 4.69) is 26.7 Å². The van der Waals surface area contributed by atoms with Gasteiger partial charge in [0.1, 0.15) is 23.4 Å². The molecular formula is C24H30N8O4. The topological polar surface area (TPSA) is 147 Å². The molecule has 0 radical (unpaired) electrons. The number of hydrogen-bond donors (Lipinski definition) is 3. The number of nitrogens with one attached hydrogen (secondary N) is 2. The molecule has 12 nitrogen and oxygen atoms in total. The number of rotatable bonds is 9. The van der Waals surface area contributed by atoms with Crippen LogP contribution in [0.4, 0.5) is 17.3 Å².